The van der Waals surface area contributed by atoms with Gasteiger partial charge in [-0.25, -0.2) is 4.79 Å². The van der Waals surface area contributed by atoms with Gasteiger partial charge in [0.25, 0.3) is 0 Å². The fourth-order valence-corrected chi connectivity index (χ4v) is 2.38. The number of nitrogens with zero attached hydrogens (tertiary/aromatic N) is 2. The second-order valence-electron chi connectivity index (χ2n) is 5.33. The summed E-state index contributed by atoms with van der Waals surface area (Å²) >= 11 is 0. The van der Waals surface area contributed by atoms with Gasteiger partial charge in [0.15, 0.2) is 0 Å². The smallest absolute Gasteiger partial charge is 0.322 e. The summed E-state index contributed by atoms with van der Waals surface area (Å²) < 4.78 is 16.1. The third kappa shape index (κ3) is 3.51. The molecule has 0 atom stereocenters. The number of carbonyl (C=O) groups is 1. The first-order valence-electron chi connectivity index (χ1n) is 7.54. The van der Waals surface area contributed by atoms with Crippen LogP contribution in [0.3, 0.4) is 0 Å². The Morgan fingerprint density at radius 2 is 2.04 bits per heavy atom. The third-order valence-electron chi connectivity index (χ3n) is 3.72. The number of carbonyl (C=O) groups excluding carboxylic acids is 1. The van der Waals surface area contributed by atoms with Crippen molar-refractivity contribution in [2.24, 2.45) is 0 Å². The van der Waals surface area contributed by atoms with Gasteiger partial charge in [-0.15, -0.1) is 0 Å². The molecule has 7 heteroatoms. The lowest BCUT2D eigenvalue weighted by atomic mass is 10.2. The topological polar surface area (TPSA) is 72.9 Å². The van der Waals surface area contributed by atoms with Crippen LogP contribution in [0, 0.1) is 0 Å². The molecule has 7 nitrogen and oxygen atoms in total. The molecule has 24 heavy (non-hydrogen) atoms. The number of hydrogen-bond acceptors (Lipinski definition) is 5. The third-order valence-corrected chi connectivity index (χ3v) is 3.72. The largest absolute Gasteiger partial charge is 0.497 e. The number of likely N-dealkylation sites (tertiary alicyclic amines) is 1. The second-order valence-corrected chi connectivity index (χ2v) is 5.33. The van der Waals surface area contributed by atoms with E-state index in [0.29, 0.717) is 36.0 Å². The summed E-state index contributed by atoms with van der Waals surface area (Å²) in [5.74, 6) is 1.92. The molecular formula is C17H19N3O4. The van der Waals surface area contributed by atoms with Gasteiger partial charge in [0.1, 0.15) is 23.4 Å². The Hall–Kier alpha value is -2.96. The van der Waals surface area contributed by atoms with Crippen LogP contribution in [0.25, 0.3) is 0 Å². The van der Waals surface area contributed by atoms with Crippen molar-refractivity contribution in [3.05, 3.63) is 42.7 Å². The summed E-state index contributed by atoms with van der Waals surface area (Å²) in [6.07, 6.45) is 3.33. The van der Waals surface area contributed by atoms with Crippen molar-refractivity contribution in [1.82, 2.24) is 9.88 Å². The average molecular weight is 329 g/mol. The SMILES string of the molecule is COc1ccc(NC(=O)N2CC(Oc3cccnc3)C2)c(OC)c1. The van der Waals surface area contributed by atoms with Crippen molar-refractivity contribution < 1.29 is 19.0 Å². The zero-order valence-electron chi connectivity index (χ0n) is 13.6. The molecular weight excluding hydrogens is 310 g/mol. The summed E-state index contributed by atoms with van der Waals surface area (Å²) in [6, 6.07) is 8.71. The van der Waals surface area contributed by atoms with Crippen LogP contribution in [0.1, 0.15) is 0 Å². The number of amides is 2. The Morgan fingerprint density at radius 3 is 2.71 bits per heavy atom. The molecule has 1 N–H and O–H groups in total. The van der Waals surface area contributed by atoms with E-state index in [1.54, 1.807) is 49.7 Å². The molecule has 3 rings (SSSR count). The molecule has 2 heterocycles. The number of aromatic nitrogens is 1. The zero-order chi connectivity index (χ0) is 16.9. The summed E-state index contributed by atoms with van der Waals surface area (Å²) in [5.41, 5.74) is 0.597. The van der Waals surface area contributed by atoms with Crippen molar-refractivity contribution in [3.8, 4) is 17.2 Å². The number of ether oxygens (including phenoxy) is 3. The van der Waals surface area contributed by atoms with Gasteiger partial charge >= 0.3 is 6.03 Å². The number of hydrogen-bond donors (Lipinski definition) is 1. The van der Waals surface area contributed by atoms with E-state index >= 15 is 0 Å². The zero-order valence-corrected chi connectivity index (χ0v) is 13.6. The molecule has 1 aromatic heterocycles. The van der Waals surface area contributed by atoms with Gasteiger partial charge in [-0.2, -0.15) is 0 Å². The minimum absolute atomic E-state index is 0.0160. The highest BCUT2D eigenvalue weighted by molar-refractivity contribution is 5.91. The minimum atomic E-state index is -0.190. The van der Waals surface area contributed by atoms with E-state index in [4.69, 9.17) is 14.2 Å². The van der Waals surface area contributed by atoms with Gasteiger partial charge in [-0.3, -0.25) is 4.98 Å². The van der Waals surface area contributed by atoms with E-state index in [1.807, 2.05) is 12.1 Å². The Balaban J connectivity index is 1.54. The summed E-state index contributed by atoms with van der Waals surface area (Å²) in [5, 5.41) is 2.84. The van der Waals surface area contributed by atoms with Crippen molar-refractivity contribution in [3.63, 3.8) is 0 Å². The van der Waals surface area contributed by atoms with Gasteiger partial charge in [0.2, 0.25) is 0 Å². The number of pyridine rings is 1. The van der Waals surface area contributed by atoms with Crippen molar-refractivity contribution >= 4 is 11.7 Å². The predicted octanol–water partition coefficient (Wildman–Crippen LogP) is 2.39. The van der Waals surface area contributed by atoms with Crippen LogP contribution in [0.5, 0.6) is 17.2 Å². The maximum absolute atomic E-state index is 12.3. The van der Waals surface area contributed by atoms with Crippen molar-refractivity contribution in [2.45, 2.75) is 6.10 Å². The average Bonchev–Trinajstić information content (AvgIpc) is 2.58. The highest BCUT2D eigenvalue weighted by Crippen LogP contribution is 2.29. The molecule has 1 aliphatic heterocycles. The standard InChI is InChI=1S/C17H19N3O4/c1-22-12-5-6-15(16(8-12)23-2)19-17(21)20-10-14(11-20)24-13-4-3-7-18-9-13/h3-9,14H,10-11H2,1-2H3,(H,19,21). The normalized spacial score (nSPS) is 13.8. The lowest BCUT2D eigenvalue weighted by Crippen LogP contribution is -2.57. The molecule has 1 fully saturated rings. The molecule has 1 aromatic carbocycles. The number of benzene rings is 1. The fourth-order valence-electron chi connectivity index (χ4n) is 2.38. The van der Waals surface area contributed by atoms with E-state index in [-0.39, 0.29) is 12.1 Å². The van der Waals surface area contributed by atoms with E-state index in [1.165, 1.54) is 0 Å². The Kier molecular flexibility index (Phi) is 4.69. The first-order valence-corrected chi connectivity index (χ1v) is 7.54. The molecule has 1 saturated heterocycles. The monoisotopic (exact) mass is 329 g/mol. The van der Waals surface area contributed by atoms with E-state index in [2.05, 4.69) is 10.3 Å². The van der Waals surface area contributed by atoms with Crippen molar-refractivity contribution in [2.75, 3.05) is 32.6 Å². The molecule has 2 aromatic rings. The second kappa shape index (κ2) is 7.08. The predicted molar refractivity (Wildman–Crippen MR) is 88.8 cm³/mol. The molecule has 126 valence electrons. The number of anilines is 1. The summed E-state index contributed by atoms with van der Waals surface area (Å²) in [7, 11) is 3.13. The van der Waals surface area contributed by atoms with Gasteiger partial charge < -0.3 is 24.4 Å². The first kappa shape index (κ1) is 15.9. The highest BCUT2D eigenvalue weighted by atomic mass is 16.5. The molecule has 2 amide bonds. The van der Waals surface area contributed by atoms with Crippen LogP contribution < -0.4 is 19.5 Å². The van der Waals surface area contributed by atoms with E-state index in [9.17, 15) is 4.79 Å². The van der Waals surface area contributed by atoms with E-state index < -0.39 is 0 Å². The Bertz CT molecular complexity index is 702. The van der Waals surface area contributed by atoms with Gasteiger partial charge in [-0.1, -0.05) is 0 Å². The molecule has 0 saturated carbocycles. The number of rotatable bonds is 5. The molecule has 0 bridgehead atoms. The summed E-state index contributed by atoms with van der Waals surface area (Å²) in [6.45, 7) is 1.05. The molecule has 0 aliphatic carbocycles. The van der Waals surface area contributed by atoms with Crippen molar-refractivity contribution in [1.29, 1.82) is 0 Å². The Morgan fingerprint density at radius 1 is 1.21 bits per heavy atom. The highest BCUT2D eigenvalue weighted by Gasteiger charge is 2.32. The summed E-state index contributed by atoms with van der Waals surface area (Å²) in [4.78, 5) is 17.9. The van der Waals surface area contributed by atoms with Crippen LogP contribution in [0.2, 0.25) is 0 Å². The minimum Gasteiger partial charge on any atom is -0.497 e. The molecule has 0 unspecified atom stereocenters. The molecule has 0 spiro atoms. The number of nitrogens with one attached hydrogen (secondary N) is 1. The Labute approximate surface area is 140 Å². The lowest BCUT2D eigenvalue weighted by Gasteiger charge is -2.38. The lowest BCUT2D eigenvalue weighted by molar-refractivity contribution is 0.0490. The van der Waals surface area contributed by atoms with Gasteiger partial charge in [-0.05, 0) is 24.3 Å². The van der Waals surface area contributed by atoms with Crippen LogP contribution in [-0.2, 0) is 0 Å². The first-order chi connectivity index (χ1) is 11.7. The van der Waals surface area contributed by atoms with Gasteiger partial charge in [0, 0.05) is 12.3 Å². The van der Waals surface area contributed by atoms with Gasteiger partial charge in [0.05, 0.1) is 39.2 Å². The van der Waals surface area contributed by atoms with E-state index in [0.717, 1.165) is 0 Å². The fraction of sp³-hybridized carbons (Fsp3) is 0.294. The van der Waals surface area contributed by atoms with Crippen LogP contribution in [-0.4, -0.2) is 49.3 Å². The maximum atomic E-state index is 12.3. The quantitative estimate of drug-likeness (QED) is 0.912. The maximum Gasteiger partial charge on any atom is 0.322 e. The van der Waals surface area contributed by atoms with Crippen LogP contribution in [0.15, 0.2) is 42.7 Å². The van der Waals surface area contributed by atoms with Crippen LogP contribution >= 0.6 is 0 Å². The number of urea groups is 1. The van der Waals surface area contributed by atoms with Crippen LogP contribution in [0.4, 0.5) is 10.5 Å². The molecule has 0 radical (unpaired) electrons. The number of methoxy groups -OCH3 is 2. The molecule has 1 aliphatic rings.